The highest BCUT2D eigenvalue weighted by Crippen LogP contribution is 2.29. The highest BCUT2D eigenvalue weighted by atomic mass is 79.9. The molecule has 0 amide bonds. The summed E-state index contributed by atoms with van der Waals surface area (Å²) in [6.45, 7) is 0.811. The third-order valence-corrected chi connectivity index (χ3v) is 6.51. The zero-order valence-corrected chi connectivity index (χ0v) is 15.2. The van der Waals surface area contributed by atoms with Crippen molar-refractivity contribution in [1.82, 2.24) is 5.32 Å². The van der Waals surface area contributed by atoms with Crippen LogP contribution in [0.1, 0.15) is 4.88 Å². The number of halogens is 2. The van der Waals surface area contributed by atoms with E-state index in [4.69, 9.17) is 11.6 Å². The lowest BCUT2D eigenvalue weighted by Crippen LogP contribution is -2.11. The number of nitrogens with one attached hydrogen (secondary N) is 2. The van der Waals surface area contributed by atoms with Crippen LogP contribution in [0.5, 0.6) is 0 Å². The number of hydrogen-bond donors (Lipinski definition) is 2. The summed E-state index contributed by atoms with van der Waals surface area (Å²) >= 11 is 10.6. The van der Waals surface area contributed by atoms with Crippen molar-refractivity contribution in [2.24, 2.45) is 0 Å². The normalized spacial score (nSPS) is 11.6. The standard InChI is InChI=1S/C13H14BrClN2O2S2/c1-16-7-6-10-3-5-13(20-10)21(18,19)17-12-4-2-9(14)8-11(12)15/h2-5,8,16-17H,6-7H2,1H3. The molecule has 0 aliphatic rings. The molecule has 0 saturated heterocycles. The van der Waals surface area contributed by atoms with E-state index in [-0.39, 0.29) is 4.21 Å². The molecule has 2 aromatic rings. The Balaban J connectivity index is 2.19. The summed E-state index contributed by atoms with van der Waals surface area (Å²) in [5, 5.41) is 3.38. The van der Waals surface area contributed by atoms with Gasteiger partial charge in [-0.3, -0.25) is 4.72 Å². The molecule has 0 atom stereocenters. The van der Waals surface area contributed by atoms with E-state index in [1.165, 1.54) is 11.3 Å². The second-order valence-corrected chi connectivity index (χ2v) is 8.70. The van der Waals surface area contributed by atoms with E-state index in [0.29, 0.717) is 10.7 Å². The number of sulfonamides is 1. The van der Waals surface area contributed by atoms with Crippen LogP contribution < -0.4 is 10.0 Å². The second-order valence-electron chi connectivity index (χ2n) is 4.30. The molecule has 1 aromatic carbocycles. The van der Waals surface area contributed by atoms with Crippen LogP contribution in [0.3, 0.4) is 0 Å². The largest absolute Gasteiger partial charge is 0.319 e. The van der Waals surface area contributed by atoms with E-state index in [1.807, 2.05) is 13.1 Å². The predicted molar refractivity (Wildman–Crippen MR) is 91.9 cm³/mol. The van der Waals surface area contributed by atoms with Crippen LogP contribution in [0.25, 0.3) is 0 Å². The van der Waals surface area contributed by atoms with E-state index in [0.717, 1.165) is 22.3 Å². The third-order valence-electron chi connectivity index (χ3n) is 2.70. The van der Waals surface area contributed by atoms with Crippen molar-refractivity contribution in [2.45, 2.75) is 10.6 Å². The van der Waals surface area contributed by atoms with Gasteiger partial charge in [0.2, 0.25) is 0 Å². The van der Waals surface area contributed by atoms with Crippen LogP contribution in [0.4, 0.5) is 5.69 Å². The molecule has 4 nitrogen and oxygen atoms in total. The fourth-order valence-electron chi connectivity index (χ4n) is 1.65. The molecule has 0 fully saturated rings. The maximum Gasteiger partial charge on any atom is 0.271 e. The molecule has 0 unspecified atom stereocenters. The molecule has 0 spiro atoms. The van der Waals surface area contributed by atoms with Crippen LogP contribution >= 0.6 is 38.9 Å². The molecule has 0 aliphatic heterocycles. The van der Waals surface area contributed by atoms with E-state index < -0.39 is 10.0 Å². The molecular formula is C13H14BrClN2O2S2. The topological polar surface area (TPSA) is 58.2 Å². The fourth-order valence-corrected chi connectivity index (χ4v) is 4.86. The Kier molecular flexibility index (Phi) is 5.67. The molecule has 1 aromatic heterocycles. The maximum absolute atomic E-state index is 12.3. The summed E-state index contributed by atoms with van der Waals surface area (Å²) in [6, 6.07) is 8.45. The van der Waals surface area contributed by atoms with Crippen molar-refractivity contribution in [3.63, 3.8) is 0 Å². The van der Waals surface area contributed by atoms with Crippen LogP contribution in [-0.2, 0) is 16.4 Å². The second kappa shape index (κ2) is 7.11. The SMILES string of the molecule is CNCCc1ccc(S(=O)(=O)Nc2ccc(Br)cc2Cl)s1. The van der Waals surface area contributed by atoms with Gasteiger partial charge in [0.25, 0.3) is 10.0 Å². The maximum atomic E-state index is 12.3. The summed E-state index contributed by atoms with van der Waals surface area (Å²) in [5.41, 5.74) is 0.366. The van der Waals surface area contributed by atoms with Crippen molar-refractivity contribution in [2.75, 3.05) is 18.3 Å². The molecule has 2 N–H and O–H groups in total. The summed E-state index contributed by atoms with van der Waals surface area (Å²) in [5.74, 6) is 0. The third kappa shape index (κ3) is 4.43. The summed E-state index contributed by atoms with van der Waals surface area (Å²) in [6.07, 6.45) is 0.801. The van der Waals surface area contributed by atoms with Crippen LogP contribution in [-0.4, -0.2) is 22.0 Å². The van der Waals surface area contributed by atoms with E-state index >= 15 is 0 Å². The highest BCUT2D eigenvalue weighted by molar-refractivity contribution is 9.10. The molecule has 0 radical (unpaired) electrons. The molecule has 0 aliphatic carbocycles. The predicted octanol–water partition coefficient (Wildman–Crippen LogP) is 3.73. The van der Waals surface area contributed by atoms with Gasteiger partial charge in [-0.05, 0) is 50.3 Å². The van der Waals surface area contributed by atoms with Gasteiger partial charge in [0.05, 0.1) is 10.7 Å². The van der Waals surface area contributed by atoms with Gasteiger partial charge in [0.1, 0.15) is 4.21 Å². The number of rotatable bonds is 6. The first-order valence-electron chi connectivity index (χ1n) is 6.13. The van der Waals surface area contributed by atoms with Gasteiger partial charge < -0.3 is 5.32 Å². The van der Waals surface area contributed by atoms with Crippen molar-refractivity contribution >= 4 is 54.6 Å². The summed E-state index contributed by atoms with van der Waals surface area (Å²) in [4.78, 5) is 1.02. The van der Waals surface area contributed by atoms with Gasteiger partial charge in [-0.25, -0.2) is 8.42 Å². The molecular weight excluding hydrogens is 396 g/mol. The molecule has 21 heavy (non-hydrogen) atoms. The van der Waals surface area contributed by atoms with Gasteiger partial charge in [0, 0.05) is 9.35 Å². The van der Waals surface area contributed by atoms with Gasteiger partial charge in [-0.2, -0.15) is 0 Å². The number of benzene rings is 1. The summed E-state index contributed by atoms with van der Waals surface area (Å²) < 4.78 is 28.3. The Morgan fingerprint density at radius 2 is 2.05 bits per heavy atom. The lowest BCUT2D eigenvalue weighted by Gasteiger charge is -2.08. The minimum atomic E-state index is -3.60. The van der Waals surface area contributed by atoms with E-state index in [9.17, 15) is 8.42 Å². The number of anilines is 1. The van der Waals surface area contributed by atoms with Gasteiger partial charge in [0.15, 0.2) is 0 Å². The quantitative estimate of drug-likeness (QED) is 0.764. The molecule has 2 rings (SSSR count). The first kappa shape index (κ1) is 16.8. The Hall–Kier alpha value is -0.600. The van der Waals surface area contributed by atoms with Crippen LogP contribution in [0.2, 0.25) is 5.02 Å². The molecule has 0 saturated carbocycles. The lowest BCUT2D eigenvalue weighted by molar-refractivity contribution is 0.603. The Morgan fingerprint density at radius 1 is 1.29 bits per heavy atom. The molecule has 8 heteroatoms. The van der Waals surface area contributed by atoms with Crippen molar-refractivity contribution < 1.29 is 8.42 Å². The zero-order valence-electron chi connectivity index (χ0n) is 11.2. The van der Waals surface area contributed by atoms with Crippen molar-refractivity contribution in [1.29, 1.82) is 0 Å². The minimum absolute atomic E-state index is 0.285. The van der Waals surface area contributed by atoms with Crippen molar-refractivity contribution in [3.05, 3.63) is 44.7 Å². The van der Waals surface area contributed by atoms with E-state index in [1.54, 1.807) is 24.3 Å². The lowest BCUT2D eigenvalue weighted by atomic mass is 10.3. The monoisotopic (exact) mass is 408 g/mol. The van der Waals surface area contributed by atoms with Gasteiger partial charge in [-0.1, -0.05) is 27.5 Å². The smallest absolute Gasteiger partial charge is 0.271 e. The zero-order chi connectivity index (χ0) is 15.5. The van der Waals surface area contributed by atoms with E-state index in [2.05, 4.69) is 26.0 Å². The van der Waals surface area contributed by atoms with Crippen molar-refractivity contribution in [3.8, 4) is 0 Å². The Morgan fingerprint density at radius 3 is 2.71 bits per heavy atom. The fraction of sp³-hybridized carbons (Fsp3) is 0.231. The first-order chi connectivity index (χ1) is 9.92. The van der Waals surface area contributed by atoms with Crippen LogP contribution in [0, 0.1) is 0 Å². The average Bonchev–Trinajstić information content (AvgIpc) is 2.89. The number of hydrogen-bond acceptors (Lipinski definition) is 4. The Bertz CT molecular complexity index is 732. The average molecular weight is 410 g/mol. The number of likely N-dealkylation sites (N-methyl/N-ethyl adjacent to an activating group) is 1. The molecule has 1 heterocycles. The van der Waals surface area contributed by atoms with Gasteiger partial charge in [-0.15, -0.1) is 11.3 Å². The Labute approximate surface area is 141 Å². The van der Waals surface area contributed by atoms with Gasteiger partial charge >= 0.3 is 0 Å². The number of thiophene rings is 1. The van der Waals surface area contributed by atoms with Crippen LogP contribution in [0.15, 0.2) is 39.0 Å². The first-order valence-corrected chi connectivity index (χ1v) is 9.60. The minimum Gasteiger partial charge on any atom is -0.319 e. The molecule has 114 valence electrons. The molecule has 0 bridgehead atoms. The summed E-state index contributed by atoms with van der Waals surface area (Å²) in [7, 11) is -1.74. The highest BCUT2D eigenvalue weighted by Gasteiger charge is 2.18.